The summed E-state index contributed by atoms with van der Waals surface area (Å²) >= 11 is 0. The SMILES string of the molecule is CNc1cccc(Cc2ccc3[nH]c(=O)oc3c2)c1. The Bertz CT molecular complexity index is 771. The molecule has 0 unspecified atom stereocenters. The van der Waals surface area contributed by atoms with Crippen LogP contribution >= 0.6 is 0 Å². The van der Waals surface area contributed by atoms with Crippen LogP contribution in [-0.2, 0) is 6.42 Å². The highest BCUT2D eigenvalue weighted by Gasteiger charge is 2.03. The molecule has 4 heteroatoms. The molecule has 0 bridgehead atoms. The molecule has 2 aromatic carbocycles. The fourth-order valence-corrected chi connectivity index (χ4v) is 2.17. The van der Waals surface area contributed by atoms with Gasteiger partial charge in [-0.3, -0.25) is 4.98 Å². The number of nitrogens with one attached hydrogen (secondary N) is 2. The average molecular weight is 254 g/mol. The van der Waals surface area contributed by atoms with Crippen molar-refractivity contribution in [2.45, 2.75) is 6.42 Å². The summed E-state index contributed by atoms with van der Waals surface area (Å²) in [6.45, 7) is 0. The van der Waals surface area contributed by atoms with Crippen LogP contribution in [0.2, 0.25) is 0 Å². The van der Waals surface area contributed by atoms with E-state index in [2.05, 4.69) is 22.4 Å². The van der Waals surface area contributed by atoms with Gasteiger partial charge in [-0.2, -0.15) is 0 Å². The first-order valence-electron chi connectivity index (χ1n) is 6.13. The minimum absolute atomic E-state index is 0.413. The number of anilines is 1. The number of aromatic amines is 1. The Morgan fingerprint density at radius 3 is 2.84 bits per heavy atom. The molecule has 3 aromatic rings. The number of hydrogen-bond donors (Lipinski definition) is 2. The highest BCUT2D eigenvalue weighted by atomic mass is 16.4. The summed E-state index contributed by atoms with van der Waals surface area (Å²) in [5, 5.41) is 3.12. The molecule has 0 aliphatic heterocycles. The summed E-state index contributed by atoms with van der Waals surface area (Å²) in [4.78, 5) is 13.7. The summed E-state index contributed by atoms with van der Waals surface area (Å²) in [6, 6.07) is 14.0. The minimum Gasteiger partial charge on any atom is -0.408 e. The van der Waals surface area contributed by atoms with Crippen molar-refractivity contribution in [3.8, 4) is 0 Å². The molecule has 4 nitrogen and oxygen atoms in total. The second-order valence-corrected chi connectivity index (χ2v) is 4.47. The Kier molecular flexibility index (Phi) is 2.83. The van der Waals surface area contributed by atoms with Crippen LogP contribution in [0.3, 0.4) is 0 Å². The molecule has 0 fully saturated rings. The molecule has 0 amide bonds. The van der Waals surface area contributed by atoms with Crippen molar-refractivity contribution < 1.29 is 4.42 Å². The van der Waals surface area contributed by atoms with E-state index in [4.69, 9.17) is 4.42 Å². The molecule has 3 rings (SSSR count). The number of fused-ring (bicyclic) bond motifs is 1. The van der Waals surface area contributed by atoms with Gasteiger partial charge in [0.15, 0.2) is 5.58 Å². The van der Waals surface area contributed by atoms with E-state index in [0.29, 0.717) is 5.58 Å². The first kappa shape index (κ1) is 11.6. The zero-order chi connectivity index (χ0) is 13.2. The second kappa shape index (κ2) is 4.65. The second-order valence-electron chi connectivity index (χ2n) is 4.47. The van der Waals surface area contributed by atoms with E-state index < -0.39 is 5.76 Å². The maximum atomic E-state index is 11.1. The molecule has 96 valence electrons. The van der Waals surface area contributed by atoms with Gasteiger partial charge in [-0.25, -0.2) is 4.79 Å². The summed E-state index contributed by atoms with van der Waals surface area (Å²) in [7, 11) is 1.90. The van der Waals surface area contributed by atoms with Crippen molar-refractivity contribution in [1.82, 2.24) is 4.98 Å². The number of rotatable bonds is 3. The van der Waals surface area contributed by atoms with Gasteiger partial charge in [0, 0.05) is 12.7 Å². The molecule has 19 heavy (non-hydrogen) atoms. The van der Waals surface area contributed by atoms with E-state index in [9.17, 15) is 4.79 Å². The Hall–Kier alpha value is -2.49. The first-order valence-corrected chi connectivity index (χ1v) is 6.13. The lowest BCUT2D eigenvalue weighted by Crippen LogP contribution is -1.92. The van der Waals surface area contributed by atoms with Crippen LogP contribution in [0.25, 0.3) is 11.1 Å². The van der Waals surface area contributed by atoms with Gasteiger partial charge in [-0.1, -0.05) is 18.2 Å². The van der Waals surface area contributed by atoms with Crippen molar-refractivity contribution in [1.29, 1.82) is 0 Å². The van der Waals surface area contributed by atoms with Gasteiger partial charge >= 0.3 is 5.76 Å². The van der Waals surface area contributed by atoms with Gasteiger partial charge in [0.1, 0.15) is 0 Å². The lowest BCUT2D eigenvalue weighted by molar-refractivity contribution is 0.555. The highest BCUT2D eigenvalue weighted by Crippen LogP contribution is 2.17. The van der Waals surface area contributed by atoms with Crippen LogP contribution in [0.15, 0.2) is 51.7 Å². The van der Waals surface area contributed by atoms with Gasteiger partial charge in [0.2, 0.25) is 0 Å². The maximum absolute atomic E-state index is 11.1. The van der Waals surface area contributed by atoms with Crippen LogP contribution < -0.4 is 11.1 Å². The summed E-state index contributed by atoms with van der Waals surface area (Å²) in [6.07, 6.45) is 0.806. The zero-order valence-corrected chi connectivity index (χ0v) is 10.6. The largest absolute Gasteiger partial charge is 0.417 e. The number of oxazole rings is 1. The molecule has 0 atom stereocenters. The van der Waals surface area contributed by atoms with Crippen molar-refractivity contribution in [2.24, 2.45) is 0 Å². The van der Waals surface area contributed by atoms with Crippen LogP contribution in [0.1, 0.15) is 11.1 Å². The highest BCUT2D eigenvalue weighted by molar-refractivity contribution is 5.72. The third-order valence-electron chi connectivity index (χ3n) is 3.11. The molecule has 0 radical (unpaired) electrons. The molecule has 0 aliphatic carbocycles. The molecule has 0 aliphatic rings. The topological polar surface area (TPSA) is 58.0 Å². The summed E-state index contributed by atoms with van der Waals surface area (Å²) < 4.78 is 5.07. The van der Waals surface area contributed by atoms with Gasteiger partial charge in [-0.05, 0) is 41.8 Å². The Balaban J connectivity index is 1.93. The molecule has 1 aromatic heterocycles. The van der Waals surface area contributed by atoms with Gasteiger partial charge in [0.05, 0.1) is 5.52 Å². The molecule has 0 spiro atoms. The average Bonchev–Trinajstić information content (AvgIpc) is 2.78. The van der Waals surface area contributed by atoms with Crippen molar-refractivity contribution in [3.05, 3.63) is 64.1 Å². The quantitative estimate of drug-likeness (QED) is 0.755. The van der Waals surface area contributed by atoms with Gasteiger partial charge in [0.25, 0.3) is 0 Å². The summed E-state index contributed by atoms with van der Waals surface area (Å²) in [5.74, 6) is -0.413. The third-order valence-corrected chi connectivity index (χ3v) is 3.11. The number of H-pyrrole nitrogens is 1. The monoisotopic (exact) mass is 254 g/mol. The number of benzene rings is 2. The number of hydrogen-bond acceptors (Lipinski definition) is 3. The van der Waals surface area contributed by atoms with Crippen molar-refractivity contribution in [3.63, 3.8) is 0 Å². The smallest absolute Gasteiger partial charge is 0.408 e. The van der Waals surface area contributed by atoms with Crippen LogP contribution in [0, 0.1) is 0 Å². The third kappa shape index (κ3) is 2.38. The molecular weight excluding hydrogens is 240 g/mol. The fourth-order valence-electron chi connectivity index (χ4n) is 2.17. The van der Waals surface area contributed by atoms with Gasteiger partial charge in [-0.15, -0.1) is 0 Å². The number of aromatic nitrogens is 1. The Morgan fingerprint density at radius 2 is 2.00 bits per heavy atom. The lowest BCUT2D eigenvalue weighted by Gasteiger charge is -2.05. The van der Waals surface area contributed by atoms with E-state index in [-0.39, 0.29) is 0 Å². The van der Waals surface area contributed by atoms with E-state index in [1.54, 1.807) is 0 Å². The normalized spacial score (nSPS) is 10.8. The fraction of sp³-hybridized carbons (Fsp3) is 0.133. The maximum Gasteiger partial charge on any atom is 0.417 e. The zero-order valence-electron chi connectivity index (χ0n) is 10.6. The molecule has 0 saturated heterocycles. The van der Waals surface area contributed by atoms with E-state index in [1.165, 1.54) is 5.56 Å². The lowest BCUT2D eigenvalue weighted by atomic mass is 10.0. The Labute approximate surface area is 110 Å². The van der Waals surface area contributed by atoms with Crippen LogP contribution in [0.4, 0.5) is 5.69 Å². The van der Waals surface area contributed by atoms with E-state index in [0.717, 1.165) is 23.2 Å². The van der Waals surface area contributed by atoms with Crippen LogP contribution in [0.5, 0.6) is 0 Å². The molecule has 2 N–H and O–H groups in total. The van der Waals surface area contributed by atoms with Crippen molar-refractivity contribution >= 4 is 16.8 Å². The predicted molar refractivity (Wildman–Crippen MR) is 75.6 cm³/mol. The summed E-state index contributed by atoms with van der Waals surface area (Å²) in [5.41, 5.74) is 4.75. The van der Waals surface area contributed by atoms with Gasteiger partial charge < -0.3 is 9.73 Å². The standard InChI is InChI=1S/C15H14N2O2/c1-16-12-4-2-3-10(8-12)7-11-5-6-13-14(9-11)19-15(18)17-13/h2-6,8-9,16H,7H2,1H3,(H,17,18). The van der Waals surface area contributed by atoms with Crippen LogP contribution in [-0.4, -0.2) is 12.0 Å². The van der Waals surface area contributed by atoms with E-state index >= 15 is 0 Å². The predicted octanol–water partition coefficient (Wildman–Crippen LogP) is 2.75. The molecule has 1 heterocycles. The van der Waals surface area contributed by atoms with Crippen molar-refractivity contribution in [2.75, 3.05) is 12.4 Å². The Morgan fingerprint density at radius 1 is 1.16 bits per heavy atom. The molecule has 0 saturated carbocycles. The first-order chi connectivity index (χ1) is 9.24. The van der Waals surface area contributed by atoms with E-state index in [1.807, 2.05) is 37.4 Å². The minimum atomic E-state index is -0.413. The molecular formula is C15H14N2O2.